The molecular weight excluding hydrogens is 329 g/mol. The number of amides is 2. The van der Waals surface area contributed by atoms with E-state index < -0.39 is 23.4 Å². The third-order valence-electron chi connectivity index (χ3n) is 2.79. The Morgan fingerprint density at radius 3 is 2.52 bits per heavy atom. The lowest BCUT2D eigenvalue weighted by Crippen LogP contribution is -2.27. The van der Waals surface area contributed by atoms with Crippen LogP contribution in [0.4, 0.5) is 14.9 Å². The van der Waals surface area contributed by atoms with Gasteiger partial charge in [0.15, 0.2) is 11.6 Å². The number of rotatable bonds is 4. The summed E-state index contributed by atoms with van der Waals surface area (Å²) in [6, 6.07) is 6.65. The van der Waals surface area contributed by atoms with E-state index in [-0.39, 0.29) is 22.9 Å². The van der Waals surface area contributed by atoms with Crippen LogP contribution in [0.2, 0.25) is 0 Å². The second-order valence-electron chi connectivity index (χ2n) is 6.12. The van der Waals surface area contributed by atoms with Crippen molar-refractivity contribution in [3.05, 3.63) is 48.0 Å². The maximum Gasteiger partial charge on any atom is 0.412 e. The topological polar surface area (TPSA) is 104 Å². The van der Waals surface area contributed by atoms with Gasteiger partial charge in [-0.05, 0) is 39.0 Å². The van der Waals surface area contributed by atoms with Crippen LogP contribution in [0.5, 0.6) is 11.5 Å². The Hall–Kier alpha value is -3.16. The lowest BCUT2D eigenvalue weighted by Gasteiger charge is -2.19. The zero-order valence-electron chi connectivity index (χ0n) is 14.0. The molecule has 0 bridgehead atoms. The van der Waals surface area contributed by atoms with Gasteiger partial charge in [-0.25, -0.2) is 9.18 Å². The molecule has 2 rings (SSSR count). The minimum absolute atomic E-state index is 0.00104. The van der Waals surface area contributed by atoms with Gasteiger partial charge >= 0.3 is 6.09 Å². The van der Waals surface area contributed by atoms with Gasteiger partial charge in [-0.15, -0.1) is 0 Å². The number of carbonyl (C=O) groups excluding carboxylic acids is 2. The van der Waals surface area contributed by atoms with E-state index in [1.807, 2.05) is 0 Å². The predicted molar refractivity (Wildman–Crippen MR) is 89.1 cm³/mol. The molecule has 2 aromatic rings. The molecule has 0 spiro atoms. The number of ether oxygens (including phenoxy) is 2. The summed E-state index contributed by atoms with van der Waals surface area (Å²) >= 11 is 0. The number of benzene rings is 1. The van der Waals surface area contributed by atoms with Gasteiger partial charge in [0, 0.05) is 24.0 Å². The average Bonchev–Trinajstić information content (AvgIpc) is 2.48. The third kappa shape index (κ3) is 5.45. The van der Waals surface area contributed by atoms with E-state index in [2.05, 4.69) is 10.3 Å². The SMILES string of the molecule is CC(C)(C)OC(=O)Nc1ccc(Oc2ccnc(C(N)=O)c2)c(F)c1. The number of nitrogens with two attached hydrogens (primary N) is 1. The first kappa shape index (κ1) is 18.2. The molecule has 132 valence electrons. The molecule has 0 unspecified atom stereocenters. The van der Waals surface area contributed by atoms with E-state index in [1.54, 1.807) is 20.8 Å². The van der Waals surface area contributed by atoms with E-state index in [9.17, 15) is 14.0 Å². The van der Waals surface area contributed by atoms with Gasteiger partial charge in [-0.1, -0.05) is 0 Å². The van der Waals surface area contributed by atoms with E-state index in [1.165, 1.54) is 30.5 Å². The van der Waals surface area contributed by atoms with Crippen LogP contribution in [0, 0.1) is 5.82 Å². The van der Waals surface area contributed by atoms with Gasteiger partial charge < -0.3 is 15.2 Å². The molecular formula is C17H18FN3O4. The number of pyridine rings is 1. The van der Waals surface area contributed by atoms with Crippen LogP contribution >= 0.6 is 0 Å². The summed E-state index contributed by atoms with van der Waals surface area (Å²) in [5, 5.41) is 2.43. The van der Waals surface area contributed by atoms with Crippen molar-refractivity contribution in [2.24, 2.45) is 5.73 Å². The molecule has 0 radical (unpaired) electrons. The lowest BCUT2D eigenvalue weighted by atomic mass is 10.2. The van der Waals surface area contributed by atoms with Crippen molar-refractivity contribution in [2.75, 3.05) is 5.32 Å². The molecule has 0 atom stereocenters. The Kier molecular flexibility index (Phi) is 5.21. The largest absolute Gasteiger partial charge is 0.454 e. The van der Waals surface area contributed by atoms with Crippen LogP contribution in [0.15, 0.2) is 36.5 Å². The molecule has 3 N–H and O–H groups in total. The van der Waals surface area contributed by atoms with E-state index in [0.29, 0.717) is 0 Å². The van der Waals surface area contributed by atoms with Crippen molar-refractivity contribution in [1.29, 1.82) is 0 Å². The summed E-state index contributed by atoms with van der Waals surface area (Å²) in [4.78, 5) is 26.5. The van der Waals surface area contributed by atoms with Crippen molar-refractivity contribution in [1.82, 2.24) is 4.98 Å². The highest BCUT2D eigenvalue weighted by Crippen LogP contribution is 2.27. The second-order valence-corrected chi connectivity index (χ2v) is 6.12. The first-order valence-corrected chi connectivity index (χ1v) is 7.37. The standard InChI is InChI=1S/C17H18FN3O4/c1-17(2,3)25-16(23)21-10-4-5-14(12(18)8-10)24-11-6-7-20-13(9-11)15(19)22/h4-9H,1-3H3,(H2,19,22)(H,21,23). The molecule has 1 aromatic carbocycles. The fourth-order valence-corrected chi connectivity index (χ4v) is 1.82. The van der Waals surface area contributed by atoms with Crippen molar-refractivity contribution >= 4 is 17.7 Å². The summed E-state index contributed by atoms with van der Waals surface area (Å²) < 4.78 is 24.6. The molecule has 7 nitrogen and oxygen atoms in total. The molecule has 1 heterocycles. The Bertz CT molecular complexity index is 803. The van der Waals surface area contributed by atoms with Crippen LogP contribution in [-0.2, 0) is 4.74 Å². The third-order valence-corrected chi connectivity index (χ3v) is 2.79. The highest BCUT2D eigenvalue weighted by atomic mass is 19.1. The quantitative estimate of drug-likeness (QED) is 0.881. The van der Waals surface area contributed by atoms with Crippen molar-refractivity contribution < 1.29 is 23.5 Å². The number of halogens is 1. The van der Waals surface area contributed by atoms with Crippen molar-refractivity contribution in [3.63, 3.8) is 0 Å². The highest BCUT2D eigenvalue weighted by Gasteiger charge is 2.17. The van der Waals surface area contributed by atoms with Crippen LogP contribution in [0.1, 0.15) is 31.3 Å². The smallest absolute Gasteiger partial charge is 0.412 e. The molecule has 0 aliphatic rings. The summed E-state index contributed by atoms with van der Waals surface area (Å²) in [6.07, 6.45) is 0.631. The monoisotopic (exact) mass is 347 g/mol. The first-order chi connectivity index (χ1) is 11.6. The summed E-state index contributed by atoms with van der Waals surface area (Å²) in [5.74, 6) is -1.30. The van der Waals surface area contributed by atoms with Gasteiger partial charge in [0.25, 0.3) is 5.91 Å². The maximum absolute atomic E-state index is 14.2. The van der Waals surface area contributed by atoms with Crippen LogP contribution in [0.25, 0.3) is 0 Å². The minimum Gasteiger partial charge on any atom is -0.454 e. The Morgan fingerprint density at radius 2 is 1.92 bits per heavy atom. The molecule has 0 saturated carbocycles. The Labute approximate surface area is 144 Å². The number of anilines is 1. The van der Waals surface area contributed by atoms with Crippen LogP contribution in [0.3, 0.4) is 0 Å². The number of nitrogens with zero attached hydrogens (tertiary/aromatic N) is 1. The van der Waals surface area contributed by atoms with E-state index in [0.717, 1.165) is 6.07 Å². The van der Waals surface area contributed by atoms with E-state index in [4.69, 9.17) is 15.2 Å². The minimum atomic E-state index is -0.720. The fraction of sp³-hybridized carbons (Fsp3) is 0.235. The zero-order valence-corrected chi connectivity index (χ0v) is 14.0. The predicted octanol–water partition coefficient (Wildman–Crippen LogP) is 3.46. The number of hydrogen-bond donors (Lipinski definition) is 2. The lowest BCUT2D eigenvalue weighted by molar-refractivity contribution is 0.0635. The Morgan fingerprint density at radius 1 is 1.20 bits per heavy atom. The van der Waals surface area contributed by atoms with Crippen LogP contribution in [-0.4, -0.2) is 22.6 Å². The summed E-state index contributed by atoms with van der Waals surface area (Å²) in [7, 11) is 0. The molecule has 0 aliphatic heterocycles. The molecule has 0 fully saturated rings. The fourth-order valence-electron chi connectivity index (χ4n) is 1.82. The number of hydrogen-bond acceptors (Lipinski definition) is 5. The summed E-state index contributed by atoms with van der Waals surface area (Å²) in [6.45, 7) is 5.16. The number of nitrogens with one attached hydrogen (secondary N) is 1. The van der Waals surface area contributed by atoms with Gasteiger partial charge in [-0.2, -0.15) is 0 Å². The molecule has 0 saturated heterocycles. The normalized spacial score (nSPS) is 10.9. The average molecular weight is 347 g/mol. The molecule has 25 heavy (non-hydrogen) atoms. The number of primary amides is 1. The zero-order chi connectivity index (χ0) is 18.6. The Balaban J connectivity index is 2.10. The van der Waals surface area contributed by atoms with Gasteiger partial charge in [0.2, 0.25) is 0 Å². The van der Waals surface area contributed by atoms with Crippen LogP contribution < -0.4 is 15.8 Å². The van der Waals surface area contributed by atoms with Gasteiger partial charge in [-0.3, -0.25) is 15.1 Å². The highest BCUT2D eigenvalue weighted by molar-refractivity contribution is 5.91. The maximum atomic E-state index is 14.2. The number of carbonyl (C=O) groups is 2. The van der Waals surface area contributed by atoms with E-state index >= 15 is 0 Å². The molecule has 8 heteroatoms. The first-order valence-electron chi connectivity index (χ1n) is 7.37. The van der Waals surface area contributed by atoms with Gasteiger partial charge in [0.05, 0.1) is 0 Å². The molecule has 2 amide bonds. The summed E-state index contributed by atoms with van der Waals surface area (Å²) in [5.41, 5.74) is 4.69. The molecule has 0 aliphatic carbocycles. The van der Waals surface area contributed by atoms with Gasteiger partial charge in [0.1, 0.15) is 17.0 Å². The van der Waals surface area contributed by atoms with Crippen molar-refractivity contribution in [2.45, 2.75) is 26.4 Å². The van der Waals surface area contributed by atoms with Crippen molar-refractivity contribution in [3.8, 4) is 11.5 Å². The number of aromatic nitrogens is 1. The second kappa shape index (κ2) is 7.16. The molecule has 1 aromatic heterocycles.